The first kappa shape index (κ1) is 43.4. The fraction of sp³-hybridized carbons (Fsp3) is 0.478. The molecule has 2 aliphatic heterocycles. The lowest BCUT2D eigenvalue weighted by Crippen LogP contribution is -2.42. The van der Waals surface area contributed by atoms with E-state index in [2.05, 4.69) is 13.8 Å². The Balaban J connectivity index is 0.000000214. The molecule has 8 nitrogen and oxygen atoms in total. The van der Waals surface area contributed by atoms with Gasteiger partial charge < -0.3 is 19.7 Å². The van der Waals surface area contributed by atoms with E-state index >= 15 is 0 Å². The van der Waals surface area contributed by atoms with E-state index in [0.717, 1.165) is 36.8 Å². The van der Waals surface area contributed by atoms with Gasteiger partial charge in [-0.25, -0.2) is 16.8 Å². The van der Waals surface area contributed by atoms with Gasteiger partial charge in [-0.15, -0.1) is 0 Å². The Labute approximate surface area is 335 Å². The highest BCUT2D eigenvalue weighted by Gasteiger charge is 2.50. The van der Waals surface area contributed by atoms with Crippen molar-refractivity contribution >= 4 is 19.7 Å². The molecule has 0 amide bonds. The zero-order chi connectivity index (χ0) is 40.7. The Morgan fingerprint density at radius 3 is 1.23 bits per heavy atom. The van der Waals surface area contributed by atoms with Gasteiger partial charge in [0.15, 0.2) is 19.7 Å². The van der Waals surface area contributed by atoms with Crippen molar-refractivity contribution in [2.75, 3.05) is 25.7 Å². The number of hydrogen-bond donors (Lipinski definition) is 2. The molecule has 0 aromatic heterocycles. The largest absolute Gasteiger partial charge is 0.497 e. The van der Waals surface area contributed by atoms with Gasteiger partial charge in [0.1, 0.15) is 11.5 Å². The van der Waals surface area contributed by atoms with Crippen LogP contribution < -0.4 is 9.47 Å². The standard InChI is InChI=1S/2C23H30O4S/c2*1-4-6-14-23(5-2)16-28(25,26)20-13-12-18(27-3)15-19(20)21(22(23)24)17-10-8-7-9-11-17/h2*7-13,15,21-22,24H,4-6,14,16H2,1-3H3/t21?,22-,23-;21-,22-,23+/m10/s1. The van der Waals surface area contributed by atoms with Crippen molar-refractivity contribution < 1.29 is 36.5 Å². The molecule has 0 fully saturated rings. The Morgan fingerprint density at radius 2 is 0.929 bits per heavy atom. The number of fused-ring (bicyclic) bond motifs is 2. The summed E-state index contributed by atoms with van der Waals surface area (Å²) in [6.45, 7) is 8.17. The second-order valence-electron chi connectivity index (χ2n) is 15.6. The summed E-state index contributed by atoms with van der Waals surface area (Å²) < 4.78 is 64.4. The zero-order valence-corrected chi connectivity index (χ0v) is 35.4. The molecule has 2 aliphatic rings. The first-order valence-corrected chi connectivity index (χ1v) is 23.3. The minimum absolute atomic E-state index is 0.0275. The molecule has 4 aromatic carbocycles. The van der Waals surface area contributed by atoms with Crippen LogP contribution in [0, 0.1) is 10.8 Å². The first-order valence-electron chi connectivity index (χ1n) is 20.0. The van der Waals surface area contributed by atoms with Crippen LogP contribution in [0.25, 0.3) is 0 Å². The van der Waals surface area contributed by atoms with E-state index in [4.69, 9.17) is 9.47 Å². The molecule has 2 heterocycles. The summed E-state index contributed by atoms with van der Waals surface area (Å²) in [7, 11) is -3.95. The molecule has 2 N–H and O–H groups in total. The maximum Gasteiger partial charge on any atom is 0.179 e. The number of aliphatic hydroxyl groups excluding tert-OH is 2. The predicted octanol–water partition coefficient (Wildman–Crippen LogP) is 9.12. The SMILES string of the molecule is CCCC[C@]1(CC)CS(=O)(=O)c2ccc(OC)cc2C(c2ccccc2)[C@H]1O.CCCC[C@]1(CC)CS(=O)(=O)c2ccc(OC)cc2[C@H](c2ccccc2)[C@@H]1O. The normalized spacial score (nSPS) is 26.3. The van der Waals surface area contributed by atoms with E-state index < -0.39 is 54.5 Å². The van der Waals surface area contributed by atoms with Crippen molar-refractivity contribution in [3.63, 3.8) is 0 Å². The Kier molecular flexibility index (Phi) is 14.2. The van der Waals surface area contributed by atoms with Gasteiger partial charge in [-0.1, -0.05) is 114 Å². The van der Waals surface area contributed by atoms with E-state index in [1.54, 1.807) is 50.6 Å². The summed E-state index contributed by atoms with van der Waals surface area (Å²) in [5, 5.41) is 23.4. The van der Waals surface area contributed by atoms with Gasteiger partial charge in [0.25, 0.3) is 0 Å². The fourth-order valence-electron chi connectivity index (χ4n) is 9.01. The van der Waals surface area contributed by atoms with Crippen LogP contribution in [0.5, 0.6) is 11.5 Å². The third kappa shape index (κ3) is 8.74. The lowest BCUT2D eigenvalue weighted by atomic mass is 9.69. The second-order valence-corrected chi connectivity index (χ2v) is 19.5. The van der Waals surface area contributed by atoms with Crippen LogP contribution in [0.3, 0.4) is 0 Å². The molecule has 6 atom stereocenters. The summed E-state index contributed by atoms with van der Waals surface area (Å²) in [5.41, 5.74) is 1.75. The van der Waals surface area contributed by atoms with Crippen LogP contribution in [0.4, 0.5) is 0 Å². The van der Waals surface area contributed by atoms with Gasteiger partial charge >= 0.3 is 0 Å². The molecule has 0 saturated carbocycles. The van der Waals surface area contributed by atoms with Crippen LogP contribution in [0.15, 0.2) is 107 Å². The van der Waals surface area contributed by atoms with Gasteiger partial charge in [0.2, 0.25) is 0 Å². The smallest absolute Gasteiger partial charge is 0.179 e. The van der Waals surface area contributed by atoms with E-state index in [1.165, 1.54) is 0 Å². The number of benzene rings is 4. The number of hydrogen-bond acceptors (Lipinski definition) is 8. The molecule has 6 rings (SSSR count). The number of rotatable bonds is 12. The summed E-state index contributed by atoms with van der Waals surface area (Å²) in [5.74, 6) is 0.306. The summed E-state index contributed by atoms with van der Waals surface area (Å²) in [4.78, 5) is 0.626. The van der Waals surface area contributed by atoms with Crippen molar-refractivity contribution in [2.45, 2.75) is 113 Å². The Morgan fingerprint density at radius 1 is 0.571 bits per heavy atom. The quantitative estimate of drug-likeness (QED) is 0.145. The maximum atomic E-state index is 13.4. The molecule has 304 valence electrons. The topological polar surface area (TPSA) is 127 Å². The average Bonchev–Trinajstić information content (AvgIpc) is 3.33. The van der Waals surface area contributed by atoms with Crippen molar-refractivity contribution in [3.8, 4) is 11.5 Å². The first-order chi connectivity index (χ1) is 26.8. The molecule has 0 saturated heterocycles. The lowest BCUT2D eigenvalue weighted by Gasteiger charge is -2.39. The van der Waals surface area contributed by atoms with E-state index in [-0.39, 0.29) is 11.5 Å². The Hall–Kier alpha value is -3.70. The monoisotopic (exact) mass is 804 g/mol. The number of aliphatic hydroxyl groups is 2. The Bertz CT molecular complexity index is 1970. The van der Waals surface area contributed by atoms with E-state index in [1.807, 2.05) is 74.5 Å². The molecular formula is C46H60O8S2. The van der Waals surface area contributed by atoms with Crippen molar-refractivity contribution in [1.29, 1.82) is 0 Å². The summed E-state index contributed by atoms with van der Waals surface area (Å²) in [6.07, 6.45) is 4.72. The van der Waals surface area contributed by atoms with E-state index in [0.29, 0.717) is 58.1 Å². The van der Waals surface area contributed by atoms with Crippen LogP contribution in [0.1, 0.15) is 113 Å². The number of ether oxygens (including phenoxy) is 2. The molecule has 56 heavy (non-hydrogen) atoms. The molecular weight excluding hydrogens is 745 g/mol. The second kappa shape index (κ2) is 18.3. The highest BCUT2D eigenvalue weighted by atomic mass is 32.2. The molecule has 10 heteroatoms. The van der Waals surface area contributed by atoms with Crippen molar-refractivity contribution in [3.05, 3.63) is 119 Å². The van der Waals surface area contributed by atoms with Gasteiger partial charge in [0.05, 0.1) is 47.7 Å². The summed E-state index contributed by atoms with van der Waals surface area (Å²) >= 11 is 0. The van der Waals surface area contributed by atoms with Gasteiger partial charge in [0, 0.05) is 22.7 Å². The highest BCUT2D eigenvalue weighted by Crippen LogP contribution is 2.51. The van der Waals surface area contributed by atoms with Gasteiger partial charge in [-0.2, -0.15) is 0 Å². The van der Waals surface area contributed by atoms with Crippen molar-refractivity contribution in [1.82, 2.24) is 0 Å². The van der Waals surface area contributed by atoms with Crippen LogP contribution in [0.2, 0.25) is 0 Å². The molecule has 0 bridgehead atoms. The number of unbranched alkanes of at least 4 members (excludes halogenated alkanes) is 2. The molecule has 1 unspecified atom stereocenters. The highest BCUT2D eigenvalue weighted by molar-refractivity contribution is 7.91. The minimum atomic E-state index is -3.54. The summed E-state index contributed by atoms with van der Waals surface area (Å²) in [6, 6.07) is 29.7. The van der Waals surface area contributed by atoms with Crippen LogP contribution in [-0.4, -0.2) is 65.0 Å². The molecule has 4 aromatic rings. The van der Waals surface area contributed by atoms with Crippen LogP contribution >= 0.6 is 0 Å². The number of sulfone groups is 2. The van der Waals surface area contributed by atoms with Gasteiger partial charge in [-0.05, 0) is 84.3 Å². The molecule has 0 spiro atoms. The zero-order valence-electron chi connectivity index (χ0n) is 33.8. The fourth-order valence-corrected chi connectivity index (χ4v) is 13.5. The molecule has 0 aliphatic carbocycles. The third-order valence-electron chi connectivity index (χ3n) is 12.4. The van der Waals surface area contributed by atoms with Gasteiger partial charge in [-0.3, -0.25) is 0 Å². The number of methoxy groups -OCH3 is 2. The lowest BCUT2D eigenvalue weighted by molar-refractivity contribution is 0.0173. The van der Waals surface area contributed by atoms with Crippen LogP contribution in [-0.2, 0) is 19.7 Å². The third-order valence-corrected chi connectivity index (χ3v) is 16.4. The average molecular weight is 805 g/mol. The van der Waals surface area contributed by atoms with Crippen molar-refractivity contribution in [2.24, 2.45) is 10.8 Å². The maximum absolute atomic E-state index is 13.4. The molecule has 0 radical (unpaired) electrons. The van der Waals surface area contributed by atoms with E-state index in [9.17, 15) is 27.0 Å². The minimum Gasteiger partial charge on any atom is -0.497 e. The predicted molar refractivity (Wildman–Crippen MR) is 223 cm³/mol.